The number of hydrogen-bond donors (Lipinski definition) is 0. The molecule has 2 heterocycles. The lowest BCUT2D eigenvalue weighted by molar-refractivity contribution is -0.147. The van der Waals surface area contributed by atoms with Crippen molar-refractivity contribution >= 4 is 28.9 Å². The van der Waals surface area contributed by atoms with Gasteiger partial charge in [-0.25, -0.2) is 4.79 Å². The summed E-state index contributed by atoms with van der Waals surface area (Å²) in [5, 5.41) is 6.36. The van der Waals surface area contributed by atoms with Crippen molar-refractivity contribution in [1.82, 2.24) is 5.16 Å². The third-order valence-corrected chi connectivity index (χ3v) is 3.98. The largest absolute Gasteiger partial charge is 0.482 e. The molecule has 0 aliphatic heterocycles. The molecule has 0 fully saturated rings. The Bertz CT molecular complexity index is 785. The van der Waals surface area contributed by atoms with Crippen molar-refractivity contribution in [3.63, 3.8) is 0 Å². The highest BCUT2D eigenvalue weighted by atomic mass is 35.5. The quantitative estimate of drug-likeness (QED) is 0.625. The number of hydrogen-bond acceptors (Lipinski definition) is 6. The Hall–Kier alpha value is -2.31. The van der Waals surface area contributed by atoms with Gasteiger partial charge in [-0.05, 0) is 29.6 Å². The number of carbonyl (C=O) groups excluding carboxylic acids is 1. The van der Waals surface area contributed by atoms with Crippen LogP contribution in [0.25, 0.3) is 10.6 Å². The van der Waals surface area contributed by atoms with Crippen molar-refractivity contribution in [2.45, 2.75) is 6.61 Å². The van der Waals surface area contributed by atoms with Crippen molar-refractivity contribution in [2.75, 3.05) is 6.61 Å². The third-order valence-electron chi connectivity index (χ3n) is 2.86. The number of thiophene rings is 1. The number of ether oxygens (including phenoxy) is 2. The van der Waals surface area contributed by atoms with Gasteiger partial charge in [-0.15, -0.1) is 11.3 Å². The fourth-order valence-corrected chi connectivity index (χ4v) is 2.66. The van der Waals surface area contributed by atoms with Crippen LogP contribution < -0.4 is 4.74 Å². The fraction of sp³-hybridized carbons (Fsp3) is 0.125. The van der Waals surface area contributed by atoms with Gasteiger partial charge in [0.2, 0.25) is 0 Å². The smallest absolute Gasteiger partial charge is 0.344 e. The van der Waals surface area contributed by atoms with Crippen LogP contribution >= 0.6 is 22.9 Å². The highest BCUT2D eigenvalue weighted by Gasteiger charge is 2.10. The zero-order valence-corrected chi connectivity index (χ0v) is 13.5. The molecular weight excluding hydrogens is 338 g/mol. The molecule has 5 nitrogen and oxygen atoms in total. The number of nitrogens with zero attached hydrogens (tertiary/aromatic N) is 1. The molecule has 3 aromatic rings. The van der Waals surface area contributed by atoms with Gasteiger partial charge in [0.15, 0.2) is 12.4 Å². The van der Waals surface area contributed by atoms with E-state index in [0.717, 1.165) is 4.88 Å². The molecule has 1 aromatic carbocycles. The molecule has 0 amide bonds. The predicted molar refractivity (Wildman–Crippen MR) is 86.6 cm³/mol. The minimum atomic E-state index is -0.495. The van der Waals surface area contributed by atoms with Crippen molar-refractivity contribution in [3.05, 3.63) is 58.6 Å². The first-order chi connectivity index (χ1) is 11.2. The van der Waals surface area contributed by atoms with Crippen LogP contribution in [0.4, 0.5) is 0 Å². The van der Waals surface area contributed by atoms with Crippen molar-refractivity contribution < 1.29 is 18.8 Å². The van der Waals surface area contributed by atoms with Crippen LogP contribution in [0.5, 0.6) is 5.75 Å². The summed E-state index contributed by atoms with van der Waals surface area (Å²) in [6, 6.07) is 12.4. The van der Waals surface area contributed by atoms with Crippen LogP contribution in [0.15, 0.2) is 52.4 Å². The second-order valence-electron chi connectivity index (χ2n) is 4.57. The van der Waals surface area contributed by atoms with Crippen LogP contribution in [-0.2, 0) is 16.1 Å². The molecule has 0 bridgehead atoms. The highest BCUT2D eigenvalue weighted by molar-refractivity contribution is 7.13. The van der Waals surface area contributed by atoms with E-state index in [2.05, 4.69) is 5.16 Å². The Labute approximate surface area is 141 Å². The van der Waals surface area contributed by atoms with E-state index < -0.39 is 5.97 Å². The summed E-state index contributed by atoms with van der Waals surface area (Å²) >= 11 is 7.38. The standard InChI is InChI=1S/C16H12ClNO4S/c17-11-3-1-4-13(7-11)20-10-16(19)21-9-12-8-14(22-18-12)15-5-2-6-23-15/h1-8H,9-10H2. The van der Waals surface area contributed by atoms with Crippen LogP contribution in [0.3, 0.4) is 0 Å². The van der Waals surface area contributed by atoms with Gasteiger partial charge in [0.05, 0.1) is 4.88 Å². The van der Waals surface area contributed by atoms with E-state index in [9.17, 15) is 4.79 Å². The molecular formula is C16H12ClNO4S. The summed E-state index contributed by atoms with van der Waals surface area (Å²) in [4.78, 5) is 12.6. The molecule has 0 atom stereocenters. The summed E-state index contributed by atoms with van der Waals surface area (Å²) in [5.41, 5.74) is 0.546. The molecule has 23 heavy (non-hydrogen) atoms. The lowest BCUT2D eigenvalue weighted by Gasteiger charge is -2.06. The van der Waals surface area contributed by atoms with Gasteiger partial charge in [-0.2, -0.15) is 0 Å². The predicted octanol–water partition coefficient (Wildman–Crippen LogP) is 4.18. The molecule has 0 unspecified atom stereocenters. The van der Waals surface area contributed by atoms with Gasteiger partial charge in [0.1, 0.15) is 18.1 Å². The number of rotatable bonds is 6. The van der Waals surface area contributed by atoms with Crippen LogP contribution in [-0.4, -0.2) is 17.7 Å². The number of halogens is 1. The minimum Gasteiger partial charge on any atom is -0.482 e. The topological polar surface area (TPSA) is 61.6 Å². The first-order valence-electron chi connectivity index (χ1n) is 6.74. The van der Waals surface area contributed by atoms with Gasteiger partial charge in [-0.1, -0.05) is 28.9 Å². The fourth-order valence-electron chi connectivity index (χ4n) is 1.81. The Morgan fingerprint density at radius 2 is 2.17 bits per heavy atom. The Kier molecular flexibility index (Phi) is 4.95. The van der Waals surface area contributed by atoms with Crippen LogP contribution in [0, 0.1) is 0 Å². The van der Waals surface area contributed by atoms with E-state index in [-0.39, 0.29) is 13.2 Å². The van der Waals surface area contributed by atoms with Gasteiger partial charge in [0.25, 0.3) is 0 Å². The maximum atomic E-state index is 11.7. The molecule has 0 saturated heterocycles. The van der Waals surface area contributed by atoms with Gasteiger partial charge in [-0.3, -0.25) is 0 Å². The molecule has 7 heteroatoms. The molecule has 118 valence electrons. The number of aromatic nitrogens is 1. The average molecular weight is 350 g/mol. The van der Waals surface area contributed by atoms with Crippen LogP contribution in [0.1, 0.15) is 5.69 Å². The molecule has 2 aromatic heterocycles. The van der Waals surface area contributed by atoms with Crippen molar-refractivity contribution in [3.8, 4) is 16.4 Å². The molecule has 0 radical (unpaired) electrons. The Morgan fingerprint density at radius 1 is 1.26 bits per heavy atom. The lowest BCUT2D eigenvalue weighted by atomic mass is 10.3. The molecule has 0 N–H and O–H groups in total. The Morgan fingerprint density at radius 3 is 2.96 bits per heavy atom. The minimum absolute atomic E-state index is 0.0343. The highest BCUT2D eigenvalue weighted by Crippen LogP contribution is 2.25. The molecule has 3 rings (SSSR count). The molecule has 0 saturated carbocycles. The van der Waals surface area contributed by atoms with Crippen LogP contribution in [0.2, 0.25) is 5.02 Å². The second-order valence-corrected chi connectivity index (χ2v) is 5.95. The summed E-state index contributed by atoms with van der Waals surface area (Å²) in [5.74, 6) is 0.669. The van der Waals surface area contributed by atoms with E-state index in [4.69, 9.17) is 25.6 Å². The summed E-state index contributed by atoms with van der Waals surface area (Å²) in [7, 11) is 0. The maximum absolute atomic E-state index is 11.7. The molecule has 0 spiro atoms. The average Bonchev–Trinajstić information content (AvgIpc) is 3.22. The SMILES string of the molecule is O=C(COc1cccc(Cl)c1)OCc1cc(-c2cccs2)on1. The van der Waals surface area contributed by atoms with E-state index in [1.165, 1.54) is 0 Å². The lowest BCUT2D eigenvalue weighted by Crippen LogP contribution is -2.14. The number of benzene rings is 1. The Balaban J connectivity index is 1.47. The number of carbonyl (C=O) groups is 1. The summed E-state index contributed by atoms with van der Waals surface area (Å²) < 4.78 is 15.6. The normalized spacial score (nSPS) is 10.5. The van der Waals surface area contributed by atoms with E-state index in [1.807, 2.05) is 17.5 Å². The molecule has 0 aliphatic carbocycles. The van der Waals surface area contributed by atoms with E-state index in [0.29, 0.717) is 22.2 Å². The van der Waals surface area contributed by atoms with Crippen molar-refractivity contribution in [1.29, 1.82) is 0 Å². The zero-order chi connectivity index (χ0) is 16.1. The van der Waals surface area contributed by atoms with E-state index >= 15 is 0 Å². The van der Waals surface area contributed by atoms with Gasteiger partial charge in [0, 0.05) is 11.1 Å². The maximum Gasteiger partial charge on any atom is 0.344 e. The summed E-state index contributed by atoms with van der Waals surface area (Å²) in [6.45, 7) is -0.164. The third kappa shape index (κ3) is 4.34. The summed E-state index contributed by atoms with van der Waals surface area (Å²) in [6.07, 6.45) is 0. The van der Waals surface area contributed by atoms with Gasteiger partial charge < -0.3 is 14.0 Å². The first-order valence-corrected chi connectivity index (χ1v) is 8.00. The number of esters is 1. The second kappa shape index (κ2) is 7.30. The zero-order valence-electron chi connectivity index (χ0n) is 11.9. The molecule has 0 aliphatic rings. The van der Waals surface area contributed by atoms with E-state index in [1.54, 1.807) is 41.7 Å². The van der Waals surface area contributed by atoms with Gasteiger partial charge >= 0.3 is 5.97 Å². The van der Waals surface area contributed by atoms with Crippen molar-refractivity contribution in [2.24, 2.45) is 0 Å². The monoisotopic (exact) mass is 349 g/mol. The first kappa shape index (κ1) is 15.6.